The van der Waals surface area contributed by atoms with Gasteiger partial charge in [-0.3, -0.25) is 4.79 Å². The maximum Gasteiger partial charge on any atom is 0.416 e. The van der Waals surface area contributed by atoms with Crippen LogP contribution in [0.1, 0.15) is 29.9 Å². The Morgan fingerprint density at radius 1 is 1.12 bits per heavy atom. The molecule has 1 saturated carbocycles. The van der Waals surface area contributed by atoms with E-state index < -0.39 is 11.7 Å². The Kier molecular flexibility index (Phi) is 5.21. The largest absolute Gasteiger partial charge is 0.490 e. The summed E-state index contributed by atoms with van der Waals surface area (Å²) in [6.45, 7) is 0. The van der Waals surface area contributed by atoms with Gasteiger partial charge in [0.25, 0.3) is 5.91 Å². The molecule has 1 aromatic heterocycles. The van der Waals surface area contributed by atoms with Gasteiger partial charge in [0.05, 0.1) is 17.4 Å². The highest BCUT2D eigenvalue weighted by Crippen LogP contribution is 2.41. The summed E-state index contributed by atoms with van der Waals surface area (Å²) in [5.74, 6) is 0.668. The van der Waals surface area contributed by atoms with Crippen molar-refractivity contribution in [1.29, 1.82) is 0 Å². The van der Waals surface area contributed by atoms with Crippen molar-refractivity contribution in [2.45, 2.75) is 31.0 Å². The van der Waals surface area contributed by atoms with Crippen LogP contribution in [0.3, 0.4) is 0 Å². The lowest BCUT2D eigenvalue weighted by Gasteiger charge is -2.35. The monoisotopic (exact) mass is 459 g/mol. The zero-order chi connectivity index (χ0) is 22.3. The molecule has 2 aliphatic rings. The molecule has 5 rings (SSSR count). The Balaban J connectivity index is 1.22. The number of H-pyrrole nitrogens is 1. The fraction of sp³-hybridized carbons (Fsp3) is 0.217. The van der Waals surface area contributed by atoms with Gasteiger partial charge in [0.1, 0.15) is 11.4 Å². The van der Waals surface area contributed by atoms with Gasteiger partial charge < -0.3 is 20.4 Å². The molecule has 0 saturated heterocycles. The molecule has 1 aliphatic carbocycles. The number of aromatic amines is 1. The topological polar surface area (TPSA) is 66.2 Å². The molecule has 0 unspecified atom stereocenters. The SMILES string of the molecule is O=C(Nc1c[nH]c2ccc(O[C@H]3C[C@@H](c4ccc(C(F)(F)F)cc4)C3)cc12)C1=C[SH]=CN1. The molecule has 0 radical (unpaired) electrons. The predicted octanol–water partition coefficient (Wildman–Crippen LogP) is 5.12. The Morgan fingerprint density at radius 2 is 1.91 bits per heavy atom. The number of hydrogen-bond acceptors (Lipinski definition) is 3. The number of aromatic nitrogens is 1. The van der Waals surface area contributed by atoms with Crippen LogP contribution >= 0.6 is 11.4 Å². The summed E-state index contributed by atoms with van der Waals surface area (Å²) in [6, 6.07) is 11.0. The van der Waals surface area contributed by atoms with E-state index in [2.05, 4.69) is 15.6 Å². The van der Waals surface area contributed by atoms with Crippen molar-refractivity contribution in [2.24, 2.45) is 0 Å². The normalized spacial score (nSPS) is 20.2. The van der Waals surface area contributed by atoms with Gasteiger partial charge in [-0.1, -0.05) is 12.1 Å². The summed E-state index contributed by atoms with van der Waals surface area (Å²) in [6.07, 6.45) is -1.08. The maximum atomic E-state index is 12.7. The second-order valence-corrected chi connectivity index (χ2v) is 8.67. The summed E-state index contributed by atoms with van der Waals surface area (Å²) < 4.78 is 44.3. The van der Waals surface area contributed by atoms with E-state index >= 15 is 0 Å². The van der Waals surface area contributed by atoms with E-state index in [0.717, 1.165) is 52.8 Å². The number of alkyl halides is 3. The number of carbonyl (C=O) groups is 1. The molecule has 2 heterocycles. The van der Waals surface area contributed by atoms with Crippen LogP contribution in [0.25, 0.3) is 10.9 Å². The minimum absolute atomic E-state index is 0.000819. The highest BCUT2D eigenvalue weighted by atomic mass is 32.1. The van der Waals surface area contributed by atoms with Gasteiger partial charge in [0.15, 0.2) is 0 Å². The van der Waals surface area contributed by atoms with Crippen molar-refractivity contribution in [1.82, 2.24) is 10.3 Å². The number of nitrogens with one attached hydrogen (secondary N) is 3. The van der Waals surface area contributed by atoms with E-state index in [1.807, 2.05) is 18.2 Å². The van der Waals surface area contributed by atoms with E-state index in [0.29, 0.717) is 17.1 Å². The van der Waals surface area contributed by atoms with Gasteiger partial charge in [-0.15, -0.1) is 0 Å². The van der Waals surface area contributed by atoms with Gasteiger partial charge in [-0.2, -0.15) is 24.5 Å². The second kappa shape index (κ2) is 8.05. The van der Waals surface area contributed by atoms with E-state index in [4.69, 9.17) is 4.74 Å². The summed E-state index contributed by atoms with van der Waals surface area (Å²) in [5.41, 5.74) is 4.11. The predicted molar refractivity (Wildman–Crippen MR) is 121 cm³/mol. The third kappa shape index (κ3) is 4.12. The number of fused-ring (bicyclic) bond motifs is 1. The van der Waals surface area contributed by atoms with E-state index in [1.54, 1.807) is 29.2 Å². The van der Waals surface area contributed by atoms with Crippen molar-refractivity contribution in [3.63, 3.8) is 0 Å². The summed E-state index contributed by atoms with van der Waals surface area (Å²) in [7, 11) is 0. The molecule has 9 heteroatoms. The van der Waals surface area contributed by atoms with Crippen LogP contribution in [0.5, 0.6) is 5.75 Å². The van der Waals surface area contributed by atoms with Crippen LogP contribution in [-0.4, -0.2) is 22.5 Å². The van der Waals surface area contributed by atoms with Crippen LogP contribution in [0.15, 0.2) is 59.8 Å². The lowest BCUT2D eigenvalue weighted by atomic mass is 9.77. The number of anilines is 1. The number of benzene rings is 2. The number of amides is 1. The van der Waals surface area contributed by atoms with Crippen molar-refractivity contribution in [3.8, 4) is 5.75 Å². The van der Waals surface area contributed by atoms with Gasteiger partial charge in [0, 0.05) is 22.6 Å². The van der Waals surface area contributed by atoms with E-state index in [9.17, 15) is 18.0 Å². The second-order valence-electron chi connectivity index (χ2n) is 7.86. The summed E-state index contributed by atoms with van der Waals surface area (Å²) in [4.78, 5) is 15.5. The zero-order valence-corrected chi connectivity index (χ0v) is 17.6. The molecule has 0 spiro atoms. The average molecular weight is 459 g/mol. The number of ether oxygens (including phenoxy) is 1. The van der Waals surface area contributed by atoms with Gasteiger partial charge in [-0.25, -0.2) is 0 Å². The van der Waals surface area contributed by atoms with Gasteiger partial charge >= 0.3 is 6.18 Å². The molecular formula is C23H20F3N3O2S. The number of hydrogen-bond donors (Lipinski definition) is 4. The van der Waals surface area contributed by atoms with Crippen LogP contribution in [0.4, 0.5) is 18.9 Å². The number of carbonyl (C=O) groups excluding carboxylic acids is 1. The van der Waals surface area contributed by atoms with Crippen LogP contribution < -0.4 is 15.4 Å². The summed E-state index contributed by atoms with van der Waals surface area (Å²) in [5, 5.41) is 8.45. The first-order valence-corrected chi connectivity index (χ1v) is 11.1. The van der Waals surface area contributed by atoms with Crippen LogP contribution in [0, 0.1) is 0 Å². The maximum absolute atomic E-state index is 12.7. The fourth-order valence-electron chi connectivity index (χ4n) is 3.92. The smallest absolute Gasteiger partial charge is 0.416 e. The molecule has 1 amide bonds. The first-order valence-electron chi connectivity index (χ1n) is 10.1. The zero-order valence-electron chi connectivity index (χ0n) is 16.7. The van der Waals surface area contributed by atoms with Gasteiger partial charge in [0.2, 0.25) is 0 Å². The van der Waals surface area contributed by atoms with Gasteiger partial charge in [-0.05, 0) is 60.1 Å². The molecule has 3 aromatic rings. The molecule has 166 valence electrons. The lowest BCUT2D eigenvalue weighted by molar-refractivity contribution is -0.137. The third-order valence-corrected chi connectivity index (χ3v) is 6.44. The number of thiol groups is 1. The quantitative estimate of drug-likeness (QED) is 0.316. The van der Waals surface area contributed by atoms with Crippen molar-refractivity contribution in [2.75, 3.05) is 5.32 Å². The Labute approximate surface area is 185 Å². The first kappa shape index (κ1) is 20.7. The Hall–Kier alpha value is -3.20. The molecule has 1 aliphatic heterocycles. The number of rotatable bonds is 5. The minimum Gasteiger partial charge on any atom is -0.490 e. The number of halogens is 3. The highest BCUT2D eigenvalue weighted by Gasteiger charge is 2.34. The van der Waals surface area contributed by atoms with E-state index in [-0.39, 0.29) is 17.9 Å². The molecule has 0 atom stereocenters. The minimum atomic E-state index is -4.32. The van der Waals surface area contributed by atoms with Crippen LogP contribution in [0.2, 0.25) is 0 Å². The fourth-order valence-corrected chi connectivity index (χ4v) is 4.55. The first-order chi connectivity index (χ1) is 15.4. The van der Waals surface area contributed by atoms with Crippen molar-refractivity contribution < 1.29 is 22.7 Å². The molecule has 0 bridgehead atoms. The molecule has 5 nitrogen and oxygen atoms in total. The lowest BCUT2D eigenvalue weighted by Crippen LogP contribution is -2.32. The highest BCUT2D eigenvalue weighted by molar-refractivity contribution is 8.00. The standard InChI is InChI=1S/C23H20F3N3O2S/c24-23(25,26)15-3-1-13(2-4-15)14-7-17(8-14)31-16-5-6-19-18(9-16)20(10-27-19)29-22(30)21-11-32-12-28-21/h1-6,9-12,14,17,27-28,32H,7-8H2,(H,29,30)/t14-,17+. The molecular weight excluding hydrogens is 439 g/mol. The Bertz CT molecular complexity index is 1230. The van der Waals surface area contributed by atoms with E-state index in [1.165, 1.54) is 0 Å². The molecule has 3 N–H and O–H groups in total. The Morgan fingerprint density at radius 3 is 2.59 bits per heavy atom. The summed E-state index contributed by atoms with van der Waals surface area (Å²) >= 11 is 0.944. The molecule has 32 heavy (non-hydrogen) atoms. The van der Waals surface area contributed by atoms with Crippen molar-refractivity contribution >= 4 is 39.3 Å². The molecule has 1 fully saturated rings. The van der Waals surface area contributed by atoms with Crippen molar-refractivity contribution in [3.05, 3.63) is 70.9 Å². The average Bonchev–Trinajstić information content (AvgIpc) is 3.40. The van der Waals surface area contributed by atoms with Crippen LogP contribution in [-0.2, 0) is 11.0 Å². The third-order valence-electron chi connectivity index (χ3n) is 5.75. The molecule has 2 aromatic carbocycles.